The summed E-state index contributed by atoms with van der Waals surface area (Å²) in [6, 6.07) is 6.63. The quantitative estimate of drug-likeness (QED) is 0.110. The number of aromatic hydroxyl groups is 2. The third-order valence-corrected chi connectivity index (χ3v) is 17.0. The Hall–Kier alpha value is -5.80. The summed E-state index contributed by atoms with van der Waals surface area (Å²) in [7, 11) is 0. The largest absolute Gasteiger partial charge is 0.508 e. The van der Waals surface area contributed by atoms with E-state index in [9.17, 15) is 35.1 Å². The maximum Gasteiger partial charge on any atom is 0.337 e. The number of hydrogen-bond donors (Lipinski definition) is 9. The van der Waals surface area contributed by atoms with Crippen molar-refractivity contribution in [2.24, 2.45) is 23.5 Å². The van der Waals surface area contributed by atoms with Crippen molar-refractivity contribution in [1.29, 1.82) is 0 Å². The van der Waals surface area contributed by atoms with Crippen LogP contribution in [0.25, 0.3) is 11.0 Å². The second-order valence-electron chi connectivity index (χ2n) is 20.5. The Labute approximate surface area is 395 Å². The molecule has 3 aliphatic carbocycles. The molecule has 10 N–H and O–H groups in total. The molecule has 2 aromatic carbocycles. The van der Waals surface area contributed by atoms with Crippen molar-refractivity contribution < 1.29 is 44.2 Å². The third kappa shape index (κ3) is 6.87. The predicted molar refractivity (Wildman–Crippen MR) is 254 cm³/mol. The fourth-order valence-electron chi connectivity index (χ4n) is 13.7. The lowest BCUT2D eigenvalue weighted by Crippen LogP contribution is -2.59. The summed E-state index contributed by atoms with van der Waals surface area (Å²) in [6.07, 6.45) is 14.6. The Morgan fingerprint density at radius 3 is 2.66 bits per heavy atom. The van der Waals surface area contributed by atoms with Crippen molar-refractivity contribution in [2.45, 2.75) is 133 Å². The lowest BCUT2D eigenvalue weighted by atomic mass is 9.61. The average Bonchev–Trinajstić information content (AvgIpc) is 3.68. The molecule has 358 valence electrons. The molecule has 0 saturated heterocycles. The Morgan fingerprint density at radius 2 is 1.90 bits per heavy atom. The van der Waals surface area contributed by atoms with E-state index in [0.717, 1.165) is 47.6 Å². The maximum absolute atomic E-state index is 14.9. The first-order valence-corrected chi connectivity index (χ1v) is 24.5. The molecule has 2 fully saturated rings. The van der Waals surface area contributed by atoms with Gasteiger partial charge in [-0.1, -0.05) is 43.2 Å². The first-order chi connectivity index (χ1) is 32.8. The topological polar surface area (TPSA) is 229 Å². The summed E-state index contributed by atoms with van der Waals surface area (Å²) in [4.78, 5) is 29.2. The number of nitrogens with one attached hydrogen (secondary N) is 3. The number of benzene rings is 2. The molecule has 9 atom stereocenters. The summed E-state index contributed by atoms with van der Waals surface area (Å²) >= 11 is 0. The molecule has 9 unspecified atom stereocenters. The van der Waals surface area contributed by atoms with Crippen LogP contribution in [0.4, 0.5) is 0 Å². The Kier molecular flexibility index (Phi) is 11.0. The average molecular weight is 927 g/mol. The van der Waals surface area contributed by atoms with Crippen LogP contribution in [0.2, 0.25) is 0 Å². The number of dihydropyridines is 2. The van der Waals surface area contributed by atoms with Gasteiger partial charge in [0.15, 0.2) is 5.43 Å². The second-order valence-corrected chi connectivity index (χ2v) is 20.5. The van der Waals surface area contributed by atoms with E-state index in [1.807, 2.05) is 13.0 Å². The fourth-order valence-corrected chi connectivity index (χ4v) is 13.7. The van der Waals surface area contributed by atoms with Crippen LogP contribution in [0.3, 0.4) is 0 Å². The lowest BCUT2D eigenvalue weighted by Gasteiger charge is -2.52. The van der Waals surface area contributed by atoms with E-state index in [1.165, 1.54) is 11.1 Å². The summed E-state index contributed by atoms with van der Waals surface area (Å²) in [5, 5.41) is 68.7. The first-order valence-electron chi connectivity index (χ1n) is 24.5. The molecule has 0 amide bonds. The number of allylic oxidation sites excluding steroid dienone is 5. The van der Waals surface area contributed by atoms with Crippen LogP contribution in [-0.4, -0.2) is 74.2 Å². The predicted octanol–water partition coefficient (Wildman–Crippen LogP) is 5.76. The van der Waals surface area contributed by atoms with Gasteiger partial charge in [-0.25, -0.2) is 4.79 Å². The highest BCUT2D eigenvalue weighted by atomic mass is 16.6. The summed E-state index contributed by atoms with van der Waals surface area (Å²) in [5.74, 6) is -2.75. The molecular formula is C54H62N4O10. The minimum absolute atomic E-state index is 0.00499. The molecule has 11 rings (SSSR count). The molecule has 14 nitrogen and oxygen atoms in total. The highest BCUT2D eigenvalue weighted by molar-refractivity contribution is 5.93. The lowest BCUT2D eigenvalue weighted by molar-refractivity contribution is -0.171. The van der Waals surface area contributed by atoms with E-state index < -0.39 is 59.5 Å². The molecular weight excluding hydrogens is 865 g/mol. The normalized spacial score (nSPS) is 31.4. The number of phenolic OH excluding ortho intramolecular Hbond substituents is 2. The molecule has 0 spiro atoms. The number of esters is 1. The van der Waals surface area contributed by atoms with Crippen LogP contribution in [0.15, 0.2) is 103 Å². The molecule has 68 heavy (non-hydrogen) atoms. The Bertz CT molecular complexity index is 2880. The van der Waals surface area contributed by atoms with E-state index >= 15 is 0 Å². The van der Waals surface area contributed by atoms with Gasteiger partial charge in [-0.3, -0.25) is 10.1 Å². The van der Waals surface area contributed by atoms with Crippen LogP contribution in [0.5, 0.6) is 17.2 Å². The number of rotatable bonds is 5. The highest BCUT2D eigenvalue weighted by Crippen LogP contribution is 2.61. The van der Waals surface area contributed by atoms with Crippen LogP contribution in [0, 0.1) is 17.8 Å². The van der Waals surface area contributed by atoms with E-state index in [4.69, 9.17) is 19.6 Å². The van der Waals surface area contributed by atoms with Gasteiger partial charge in [0.2, 0.25) is 0 Å². The van der Waals surface area contributed by atoms with Gasteiger partial charge in [-0.2, -0.15) is 0 Å². The minimum Gasteiger partial charge on any atom is -0.508 e. The molecule has 2 saturated carbocycles. The zero-order chi connectivity index (χ0) is 47.4. The van der Waals surface area contributed by atoms with E-state index in [-0.39, 0.29) is 75.7 Å². The van der Waals surface area contributed by atoms with Crippen LogP contribution in [-0.2, 0) is 29.0 Å². The maximum atomic E-state index is 14.9. The number of aliphatic hydroxyl groups excluding tert-OH is 2. The smallest absolute Gasteiger partial charge is 0.337 e. The van der Waals surface area contributed by atoms with E-state index in [0.29, 0.717) is 62.0 Å². The van der Waals surface area contributed by atoms with Gasteiger partial charge in [-0.15, -0.1) is 0 Å². The highest BCUT2D eigenvalue weighted by Gasteiger charge is 2.58. The number of nitrogens with two attached hydrogens (primary N) is 1. The number of aliphatic hydroxyl groups is 3. The van der Waals surface area contributed by atoms with Gasteiger partial charge in [0.1, 0.15) is 64.3 Å². The van der Waals surface area contributed by atoms with Crippen molar-refractivity contribution in [1.82, 2.24) is 16.0 Å². The van der Waals surface area contributed by atoms with Crippen molar-refractivity contribution in [3.8, 4) is 17.2 Å². The third-order valence-electron chi connectivity index (χ3n) is 17.0. The number of carbonyl (C=O) groups excluding carboxylic acids is 1. The van der Waals surface area contributed by atoms with Crippen molar-refractivity contribution in [3.63, 3.8) is 0 Å². The van der Waals surface area contributed by atoms with Crippen LogP contribution < -0.4 is 31.8 Å². The van der Waals surface area contributed by atoms with Gasteiger partial charge < -0.3 is 55.8 Å². The molecule has 3 aromatic rings. The Balaban J connectivity index is 1.24. The monoisotopic (exact) mass is 926 g/mol. The van der Waals surface area contributed by atoms with Gasteiger partial charge in [0, 0.05) is 60.2 Å². The molecule has 4 bridgehead atoms. The van der Waals surface area contributed by atoms with Crippen molar-refractivity contribution in [2.75, 3.05) is 13.2 Å². The molecule has 1 aromatic heterocycles. The standard InChI is InChI=1S/C54H62N4O10/c1-4-39(54(65)16-5-6-17-54)52(64)67-42-22-37-47(63)45-41(62)21-30(24-59)66-49(45)46-43-35-15-18-56-50(55)44(35)33(12-9-27-8-10-29(61)20-36(27)38(43)25-60)32-14-13-31-28(19-40(32)53(42,3)68-48(37)46)23-57-51-34(31)11-7-26(2)58-51/h4,7-8,10-11,15,20-21,23,26,32-33,38,40,42-43,51,56-61,63,65H,5-6,9,12-14,16-19,22,24-25,55H2,1-3H3. The van der Waals surface area contributed by atoms with Crippen LogP contribution in [0.1, 0.15) is 112 Å². The molecule has 5 aliphatic heterocycles. The SMILES string of the molecule is CC=C(C(=O)OC1Cc2c3c(c4oc(CO)cc(=O)c4c2O)C2C4=CCNC(N)=C4C(CCc4ccc(O)cc4C2CO)C2CCC4=C5C=CC(C)NC5NC=C4CC2C1(C)O3)C1(O)CCCC1. The molecule has 8 aliphatic rings. The summed E-state index contributed by atoms with van der Waals surface area (Å²) in [5.41, 5.74) is 11.6. The zero-order valence-electron chi connectivity index (χ0n) is 38.9. The number of carbonyl (C=O) groups is 1. The van der Waals surface area contributed by atoms with Crippen molar-refractivity contribution >= 4 is 16.9 Å². The van der Waals surface area contributed by atoms with Crippen molar-refractivity contribution in [3.05, 3.63) is 132 Å². The van der Waals surface area contributed by atoms with Gasteiger partial charge in [0.25, 0.3) is 0 Å². The van der Waals surface area contributed by atoms with E-state index in [1.54, 1.807) is 25.1 Å². The second kappa shape index (κ2) is 16.7. The number of phenols is 2. The molecule has 0 radical (unpaired) electrons. The van der Waals surface area contributed by atoms with Gasteiger partial charge in [-0.05, 0) is 129 Å². The fraction of sp³-hybridized carbons (Fsp3) is 0.481. The Morgan fingerprint density at radius 1 is 1.09 bits per heavy atom. The molecule has 14 heteroatoms. The molecule has 6 heterocycles. The minimum atomic E-state index is -1.36. The van der Waals surface area contributed by atoms with Gasteiger partial charge in [0.05, 0.1) is 17.8 Å². The first kappa shape index (κ1) is 44.7. The summed E-state index contributed by atoms with van der Waals surface area (Å²) in [6.45, 7) is 5.21. The van der Waals surface area contributed by atoms with Crippen LogP contribution >= 0.6 is 0 Å². The van der Waals surface area contributed by atoms with Gasteiger partial charge >= 0.3 is 5.97 Å². The number of hydrogen-bond acceptors (Lipinski definition) is 14. The number of ether oxygens (including phenoxy) is 2. The number of fused-ring (bicyclic) bond motifs is 10. The zero-order valence-corrected chi connectivity index (χ0v) is 38.9. The summed E-state index contributed by atoms with van der Waals surface area (Å²) < 4.78 is 21.1. The number of aryl methyl sites for hydroxylation is 1. The van der Waals surface area contributed by atoms with E-state index in [2.05, 4.69) is 47.3 Å².